The van der Waals surface area contributed by atoms with Gasteiger partial charge in [-0.25, -0.2) is 4.98 Å². The van der Waals surface area contributed by atoms with Crippen LogP contribution in [0, 0.1) is 0 Å². The molecule has 0 saturated carbocycles. The normalized spacial score (nSPS) is 12.0. The summed E-state index contributed by atoms with van der Waals surface area (Å²) in [6.07, 6.45) is 0. The monoisotopic (exact) mass is 406 g/mol. The van der Waals surface area contributed by atoms with Crippen molar-refractivity contribution in [1.82, 2.24) is 20.5 Å². The molecule has 0 radical (unpaired) electrons. The predicted octanol–water partition coefficient (Wildman–Crippen LogP) is 4.75. The molecular formula is C18H16Cl2N4OS. The van der Waals surface area contributed by atoms with Crippen molar-refractivity contribution in [3.8, 4) is 11.4 Å². The van der Waals surface area contributed by atoms with Crippen molar-refractivity contribution >= 4 is 40.9 Å². The maximum atomic E-state index is 12.1. The molecule has 1 aromatic heterocycles. The van der Waals surface area contributed by atoms with Gasteiger partial charge in [-0.2, -0.15) is 0 Å². The van der Waals surface area contributed by atoms with E-state index >= 15 is 0 Å². The minimum absolute atomic E-state index is 0.0877. The highest BCUT2D eigenvalue weighted by Crippen LogP contribution is 2.21. The van der Waals surface area contributed by atoms with E-state index in [0.717, 1.165) is 11.1 Å². The SMILES string of the molecule is CC(NC(=O)CSc1n[nH]c(-c2ccc(Cl)cc2)n1)c1ccc(Cl)cc1. The Bertz CT molecular complexity index is 881. The first-order valence-corrected chi connectivity index (χ1v) is 9.61. The van der Waals surface area contributed by atoms with Gasteiger partial charge in [-0.05, 0) is 48.9 Å². The molecule has 0 bridgehead atoms. The van der Waals surface area contributed by atoms with E-state index in [1.165, 1.54) is 11.8 Å². The smallest absolute Gasteiger partial charge is 0.230 e. The quantitative estimate of drug-likeness (QED) is 0.579. The summed E-state index contributed by atoms with van der Waals surface area (Å²) in [7, 11) is 0. The number of aromatic nitrogens is 3. The Morgan fingerprint density at radius 3 is 2.38 bits per heavy atom. The molecule has 1 heterocycles. The topological polar surface area (TPSA) is 70.7 Å². The maximum absolute atomic E-state index is 12.1. The Morgan fingerprint density at radius 1 is 1.12 bits per heavy atom. The second-order valence-corrected chi connectivity index (χ2v) is 7.42. The van der Waals surface area contributed by atoms with E-state index in [1.54, 1.807) is 24.3 Å². The van der Waals surface area contributed by atoms with E-state index < -0.39 is 0 Å². The van der Waals surface area contributed by atoms with Crippen LogP contribution in [0.4, 0.5) is 0 Å². The second-order valence-electron chi connectivity index (χ2n) is 5.60. The van der Waals surface area contributed by atoms with E-state index in [-0.39, 0.29) is 17.7 Å². The van der Waals surface area contributed by atoms with E-state index in [1.807, 2.05) is 31.2 Å². The number of hydrogen-bond donors (Lipinski definition) is 2. The zero-order valence-corrected chi connectivity index (χ0v) is 16.2. The third kappa shape index (κ3) is 5.00. The van der Waals surface area contributed by atoms with Crippen LogP contribution >= 0.6 is 35.0 Å². The molecule has 8 heteroatoms. The first-order valence-electron chi connectivity index (χ1n) is 7.87. The zero-order chi connectivity index (χ0) is 18.5. The van der Waals surface area contributed by atoms with E-state index in [9.17, 15) is 4.79 Å². The van der Waals surface area contributed by atoms with Crippen LogP contribution in [0.3, 0.4) is 0 Å². The lowest BCUT2D eigenvalue weighted by atomic mass is 10.1. The molecule has 0 aliphatic carbocycles. The number of amides is 1. The number of thioether (sulfide) groups is 1. The van der Waals surface area contributed by atoms with E-state index in [4.69, 9.17) is 23.2 Å². The molecule has 1 amide bonds. The van der Waals surface area contributed by atoms with Gasteiger partial charge in [-0.1, -0.05) is 47.1 Å². The average molecular weight is 407 g/mol. The standard InChI is InChI=1S/C18H16Cl2N4OS/c1-11(12-2-6-14(19)7-3-12)21-16(25)10-26-18-22-17(23-24-18)13-4-8-15(20)9-5-13/h2-9,11H,10H2,1H3,(H,21,25)(H,22,23,24). The summed E-state index contributed by atoms with van der Waals surface area (Å²) >= 11 is 13.0. The Hall–Kier alpha value is -2.02. The average Bonchev–Trinajstić information content (AvgIpc) is 3.10. The van der Waals surface area contributed by atoms with Gasteiger partial charge in [0.2, 0.25) is 11.1 Å². The summed E-state index contributed by atoms with van der Waals surface area (Å²) in [5, 5.41) is 11.8. The number of hydrogen-bond acceptors (Lipinski definition) is 4. The number of carbonyl (C=O) groups is 1. The summed E-state index contributed by atoms with van der Waals surface area (Å²) in [6, 6.07) is 14.6. The molecule has 2 aromatic carbocycles. The molecule has 26 heavy (non-hydrogen) atoms. The fourth-order valence-corrected chi connectivity index (χ4v) is 3.16. The summed E-state index contributed by atoms with van der Waals surface area (Å²) in [5.74, 6) is 0.782. The third-order valence-electron chi connectivity index (χ3n) is 3.66. The van der Waals surface area contributed by atoms with Gasteiger partial charge in [0, 0.05) is 15.6 Å². The van der Waals surface area contributed by atoms with Crippen LogP contribution in [0.25, 0.3) is 11.4 Å². The van der Waals surface area contributed by atoms with Crippen molar-refractivity contribution in [3.05, 3.63) is 64.1 Å². The van der Waals surface area contributed by atoms with Crippen LogP contribution in [0.5, 0.6) is 0 Å². The molecule has 3 rings (SSSR count). The van der Waals surface area contributed by atoms with Crippen molar-refractivity contribution < 1.29 is 4.79 Å². The Kier molecular flexibility index (Phi) is 6.19. The predicted molar refractivity (Wildman–Crippen MR) is 106 cm³/mol. The highest BCUT2D eigenvalue weighted by molar-refractivity contribution is 7.99. The molecule has 0 fully saturated rings. The van der Waals surface area contributed by atoms with Crippen molar-refractivity contribution in [2.24, 2.45) is 0 Å². The van der Waals surface area contributed by atoms with Crippen molar-refractivity contribution in [2.75, 3.05) is 5.75 Å². The molecule has 0 saturated heterocycles. The molecule has 1 unspecified atom stereocenters. The highest BCUT2D eigenvalue weighted by Gasteiger charge is 2.12. The van der Waals surface area contributed by atoms with Crippen molar-refractivity contribution in [1.29, 1.82) is 0 Å². The fraction of sp³-hybridized carbons (Fsp3) is 0.167. The molecule has 3 aromatic rings. The van der Waals surface area contributed by atoms with E-state index in [2.05, 4.69) is 20.5 Å². The summed E-state index contributed by atoms with van der Waals surface area (Å²) < 4.78 is 0. The summed E-state index contributed by atoms with van der Waals surface area (Å²) in [6.45, 7) is 1.93. The molecular weight excluding hydrogens is 391 g/mol. The molecule has 134 valence electrons. The Morgan fingerprint density at radius 2 is 1.73 bits per heavy atom. The van der Waals surface area contributed by atoms with Gasteiger partial charge in [0.15, 0.2) is 5.82 Å². The number of halogens is 2. The van der Waals surface area contributed by atoms with Crippen LogP contribution in [0.15, 0.2) is 53.7 Å². The first-order chi connectivity index (χ1) is 12.5. The minimum atomic E-state index is -0.0999. The number of nitrogens with one attached hydrogen (secondary N) is 2. The number of carbonyl (C=O) groups excluding carboxylic acids is 1. The molecule has 1 atom stereocenters. The van der Waals surface area contributed by atoms with Gasteiger partial charge in [-0.3, -0.25) is 9.89 Å². The Labute approximate surface area is 165 Å². The lowest BCUT2D eigenvalue weighted by molar-refractivity contribution is -0.119. The first kappa shape index (κ1) is 18.8. The largest absolute Gasteiger partial charge is 0.349 e. The van der Waals surface area contributed by atoms with Gasteiger partial charge < -0.3 is 5.32 Å². The zero-order valence-electron chi connectivity index (χ0n) is 13.9. The number of benzene rings is 2. The van der Waals surface area contributed by atoms with Gasteiger partial charge >= 0.3 is 0 Å². The van der Waals surface area contributed by atoms with Gasteiger partial charge in [0.05, 0.1) is 11.8 Å². The van der Waals surface area contributed by atoms with Gasteiger partial charge in [-0.15, -0.1) is 5.10 Å². The third-order valence-corrected chi connectivity index (χ3v) is 5.01. The lowest BCUT2D eigenvalue weighted by Crippen LogP contribution is -2.28. The highest BCUT2D eigenvalue weighted by atomic mass is 35.5. The molecule has 5 nitrogen and oxygen atoms in total. The number of aromatic amines is 1. The van der Waals surface area contributed by atoms with Crippen LogP contribution in [-0.4, -0.2) is 26.8 Å². The van der Waals surface area contributed by atoms with Crippen LogP contribution in [0.2, 0.25) is 10.0 Å². The van der Waals surface area contributed by atoms with Crippen molar-refractivity contribution in [3.63, 3.8) is 0 Å². The van der Waals surface area contributed by atoms with Gasteiger partial charge in [0.25, 0.3) is 0 Å². The Balaban J connectivity index is 1.53. The number of H-pyrrole nitrogens is 1. The van der Waals surface area contributed by atoms with Crippen LogP contribution in [-0.2, 0) is 4.79 Å². The number of nitrogens with zero attached hydrogens (tertiary/aromatic N) is 2. The van der Waals surface area contributed by atoms with Crippen molar-refractivity contribution in [2.45, 2.75) is 18.1 Å². The van der Waals surface area contributed by atoms with Crippen LogP contribution < -0.4 is 5.32 Å². The molecule has 0 aliphatic rings. The second kappa shape index (κ2) is 8.58. The molecule has 2 N–H and O–H groups in total. The maximum Gasteiger partial charge on any atom is 0.230 e. The lowest BCUT2D eigenvalue weighted by Gasteiger charge is -2.13. The van der Waals surface area contributed by atoms with E-state index in [0.29, 0.717) is 21.0 Å². The molecule has 0 spiro atoms. The summed E-state index contributed by atoms with van der Waals surface area (Å²) in [4.78, 5) is 16.5. The summed E-state index contributed by atoms with van der Waals surface area (Å²) in [5.41, 5.74) is 1.88. The fourth-order valence-electron chi connectivity index (χ4n) is 2.30. The van der Waals surface area contributed by atoms with Gasteiger partial charge in [0.1, 0.15) is 0 Å². The molecule has 0 aliphatic heterocycles. The number of rotatable bonds is 6. The van der Waals surface area contributed by atoms with Crippen LogP contribution in [0.1, 0.15) is 18.5 Å². The minimum Gasteiger partial charge on any atom is -0.349 e.